The number of benzene rings is 2. The maximum Gasteiger partial charge on any atom is 0.122 e. The van der Waals surface area contributed by atoms with E-state index in [1.807, 2.05) is 0 Å². The first-order chi connectivity index (χ1) is 12.1. The SMILES string of the molecule is CCCOc1ccc(C(CN)Cc2c(C)[nH]c3ccccc23)cc1C. The molecule has 0 aliphatic heterocycles. The van der Waals surface area contributed by atoms with Gasteiger partial charge in [-0.3, -0.25) is 0 Å². The molecular formula is C22H28N2O. The van der Waals surface area contributed by atoms with Crippen molar-refractivity contribution in [2.24, 2.45) is 5.73 Å². The number of para-hydroxylation sites is 1. The number of ether oxygens (including phenoxy) is 1. The second kappa shape index (κ2) is 7.75. The Morgan fingerprint density at radius 2 is 1.92 bits per heavy atom. The molecule has 25 heavy (non-hydrogen) atoms. The monoisotopic (exact) mass is 336 g/mol. The Bertz CT molecular complexity index is 850. The summed E-state index contributed by atoms with van der Waals surface area (Å²) in [6.07, 6.45) is 1.97. The number of H-pyrrole nitrogens is 1. The third kappa shape index (κ3) is 3.72. The molecule has 1 unspecified atom stereocenters. The van der Waals surface area contributed by atoms with Gasteiger partial charge in [-0.05, 0) is 62.1 Å². The second-order valence-corrected chi connectivity index (χ2v) is 6.78. The van der Waals surface area contributed by atoms with Crippen LogP contribution in [0.3, 0.4) is 0 Å². The summed E-state index contributed by atoms with van der Waals surface area (Å²) in [5, 5.41) is 1.30. The van der Waals surface area contributed by atoms with Crippen molar-refractivity contribution in [3.05, 3.63) is 64.8 Å². The molecule has 1 heterocycles. The van der Waals surface area contributed by atoms with E-state index in [-0.39, 0.29) is 0 Å². The Hall–Kier alpha value is -2.26. The minimum absolute atomic E-state index is 0.303. The Morgan fingerprint density at radius 1 is 1.12 bits per heavy atom. The molecule has 2 aromatic carbocycles. The van der Waals surface area contributed by atoms with Gasteiger partial charge in [-0.2, -0.15) is 0 Å². The van der Waals surface area contributed by atoms with Crippen molar-refractivity contribution in [1.29, 1.82) is 0 Å². The fourth-order valence-electron chi connectivity index (χ4n) is 3.48. The average molecular weight is 336 g/mol. The first-order valence-electron chi connectivity index (χ1n) is 9.13. The predicted octanol–water partition coefficient (Wildman–Crippen LogP) is 4.86. The quantitative estimate of drug-likeness (QED) is 0.647. The van der Waals surface area contributed by atoms with Gasteiger partial charge in [0, 0.05) is 22.5 Å². The molecule has 0 fully saturated rings. The van der Waals surface area contributed by atoms with Crippen LogP contribution in [0.15, 0.2) is 42.5 Å². The van der Waals surface area contributed by atoms with E-state index in [0.29, 0.717) is 12.5 Å². The largest absolute Gasteiger partial charge is 0.493 e. The summed E-state index contributed by atoms with van der Waals surface area (Å²) < 4.78 is 5.80. The maximum atomic E-state index is 6.14. The highest BCUT2D eigenvalue weighted by Gasteiger charge is 2.16. The van der Waals surface area contributed by atoms with Crippen LogP contribution in [-0.4, -0.2) is 18.1 Å². The highest BCUT2D eigenvalue weighted by atomic mass is 16.5. The molecule has 1 aromatic heterocycles. The summed E-state index contributed by atoms with van der Waals surface area (Å²) >= 11 is 0. The number of nitrogens with one attached hydrogen (secondary N) is 1. The lowest BCUT2D eigenvalue weighted by molar-refractivity contribution is 0.315. The zero-order valence-corrected chi connectivity index (χ0v) is 15.4. The molecule has 0 amide bonds. The summed E-state index contributed by atoms with van der Waals surface area (Å²) in [7, 11) is 0. The molecule has 3 nitrogen and oxygen atoms in total. The van der Waals surface area contributed by atoms with Gasteiger partial charge < -0.3 is 15.5 Å². The molecule has 0 saturated carbocycles. The fourth-order valence-corrected chi connectivity index (χ4v) is 3.48. The van der Waals surface area contributed by atoms with Crippen LogP contribution in [-0.2, 0) is 6.42 Å². The van der Waals surface area contributed by atoms with E-state index in [9.17, 15) is 0 Å². The van der Waals surface area contributed by atoms with E-state index in [0.717, 1.165) is 25.2 Å². The van der Waals surface area contributed by atoms with E-state index in [1.54, 1.807) is 0 Å². The minimum Gasteiger partial charge on any atom is -0.493 e. The Balaban J connectivity index is 1.87. The fraction of sp³-hybridized carbons (Fsp3) is 0.364. The molecule has 0 bridgehead atoms. The van der Waals surface area contributed by atoms with E-state index in [4.69, 9.17) is 10.5 Å². The summed E-state index contributed by atoms with van der Waals surface area (Å²) in [6.45, 7) is 7.77. The van der Waals surface area contributed by atoms with Crippen LogP contribution in [0.5, 0.6) is 5.75 Å². The number of aromatic nitrogens is 1. The highest BCUT2D eigenvalue weighted by Crippen LogP contribution is 2.30. The van der Waals surface area contributed by atoms with Crippen molar-refractivity contribution in [1.82, 2.24) is 4.98 Å². The zero-order valence-electron chi connectivity index (χ0n) is 15.4. The Labute approximate surface area is 150 Å². The number of rotatable bonds is 7. The molecule has 0 radical (unpaired) electrons. The molecule has 0 aliphatic carbocycles. The standard InChI is InChI=1S/C22H28N2O/c1-4-11-25-22-10-9-17(12-15(22)2)18(14-23)13-20-16(3)24-21-8-6-5-7-19(20)21/h5-10,12,18,24H,4,11,13-14,23H2,1-3H3. The summed E-state index contributed by atoms with van der Waals surface area (Å²) in [5.41, 5.74) is 12.4. The van der Waals surface area contributed by atoms with Crippen molar-refractivity contribution in [3.8, 4) is 5.75 Å². The first-order valence-corrected chi connectivity index (χ1v) is 9.13. The minimum atomic E-state index is 0.303. The number of aryl methyl sites for hydroxylation is 2. The number of aromatic amines is 1. The van der Waals surface area contributed by atoms with Gasteiger partial charge >= 0.3 is 0 Å². The zero-order chi connectivity index (χ0) is 17.8. The highest BCUT2D eigenvalue weighted by molar-refractivity contribution is 5.84. The average Bonchev–Trinajstić information content (AvgIpc) is 2.93. The van der Waals surface area contributed by atoms with Crippen molar-refractivity contribution in [3.63, 3.8) is 0 Å². The van der Waals surface area contributed by atoms with Crippen molar-refractivity contribution >= 4 is 10.9 Å². The Kier molecular flexibility index (Phi) is 5.44. The van der Waals surface area contributed by atoms with E-state index < -0.39 is 0 Å². The van der Waals surface area contributed by atoms with E-state index >= 15 is 0 Å². The van der Waals surface area contributed by atoms with Crippen LogP contribution in [0.4, 0.5) is 0 Å². The molecule has 3 rings (SSSR count). The van der Waals surface area contributed by atoms with Crippen LogP contribution in [0.1, 0.15) is 41.6 Å². The molecule has 1 atom stereocenters. The Morgan fingerprint density at radius 3 is 2.64 bits per heavy atom. The van der Waals surface area contributed by atoms with Gasteiger partial charge in [-0.15, -0.1) is 0 Å². The number of fused-ring (bicyclic) bond motifs is 1. The van der Waals surface area contributed by atoms with Crippen LogP contribution in [0, 0.1) is 13.8 Å². The van der Waals surface area contributed by atoms with Gasteiger partial charge in [-0.1, -0.05) is 37.3 Å². The van der Waals surface area contributed by atoms with Crippen LogP contribution >= 0.6 is 0 Å². The van der Waals surface area contributed by atoms with Crippen molar-refractivity contribution < 1.29 is 4.74 Å². The molecule has 3 N–H and O–H groups in total. The lowest BCUT2D eigenvalue weighted by Crippen LogP contribution is -2.15. The van der Waals surface area contributed by atoms with Crippen LogP contribution < -0.4 is 10.5 Å². The molecule has 0 saturated heterocycles. The van der Waals surface area contributed by atoms with Gasteiger partial charge in [0.1, 0.15) is 5.75 Å². The molecule has 0 spiro atoms. The number of hydrogen-bond acceptors (Lipinski definition) is 2. The third-order valence-electron chi connectivity index (χ3n) is 4.89. The summed E-state index contributed by atoms with van der Waals surface area (Å²) in [5.74, 6) is 1.28. The predicted molar refractivity (Wildman–Crippen MR) is 106 cm³/mol. The van der Waals surface area contributed by atoms with Gasteiger partial charge in [0.05, 0.1) is 6.61 Å². The molecule has 132 valence electrons. The van der Waals surface area contributed by atoms with Gasteiger partial charge in [0.25, 0.3) is 0 Å². The van der Waals surface area contributed by atoms with E-state index in [2.05, 4.69) is 68.2 Å². The molecule has 3 aromatic rings. The summed E-state index contributed by atoms with van der Waals surface area (Å²) in [6, 6.07) is 15.0. The number of hydrogen-bond donors (Lipinski definition) is 2. The maximum absolute atomic E-state index is 6.14. The third-order valence-corrected chi connectivity index (χ3v) is 4.89. The summed E-state index contributed by atoms with van der Waals surface area (Å²) in [4.78, 5) is 3.49. The van der Waals surface area contributed by atoms with Crippen LogP contribution in [0.25, 0.3) is 10.9 Å². The lowest BCUT2D eigenvalue weighted by Gasteiger charge is -2.18. The van der Waals surface area contributed by atoms with Gasteiger partial charge in [0.2, 0.25) is 0 Å². The lowest BCUT2D eigenvalue weighted by atomic mass is 9.90. The molecular weight excluding hydrogens is 308 g/mol. The second-order valence-electron chi connectivity index (χ2n) is 6.78. The van der Waals surface area contributed by atoms with E-state index in [1.165, 1.54) is 33.3 Å². The molecule has 3 heteroatoms. The molecule has 0 aliphatic rings. The number of nitrogens with two attached hydrogens (primary N) is 1. The van der Waals surface area contributed by atoms with Gasteiger partial charge in [0.15, 0.2) is 0 Å². The van der Waals surface area contributed by atoms with Crippen molar-refractivity contribution in [2.45, 2.75) is 39.5 Å². The smallest absolute Gasteiger partial charge is 0.122 e. The van der Waals surface area contributed by atoms with Gasteiger partial charge in [-0.25, -0.2) is 0 Å². The topological polar surface area (TPSA) is 51.0 Å². The first kappa shape index (κ1) is 17.6. The van der Waals surface area contributed by atoms with Crippen molar-refractivity contribution in [2.75, 3.05) is 13.2 Å². The normalized spacial score (nSPS) is 12.5. The van der Waals surface area contributed by atoms with Crippen LogP contribution in [0.2, 0.25) is 0 Å².